The van der Waals surface area contributed by atoms with Crippen LogP contribution in [0.25, 0.3) is 43.6 Å². The molecule has 302 valence electrons. The summed E-state index contributed by atoms with van der Waals surface area (Å²) >= 11 is 0. The van der Waals surface area contributed by atoms with E-state index in [0.29, 0.717) is 74.1 Å². The van der Waals surface area contributed by atoms with Crippen molar-refractivity contribution < 1.29 is 57.3 Å². The average molecular weight is 794 g/mol. The van der Waals surface area contributed by atoms with E-state index in [1.165, 1.54) is 9.13 Å². The van der Waals surface area contributed by atoms with Crippen molar-refractivity contribution in [2.75, 3.05) is 62.9 Å². The highest BCUT2D eigenvalue weighted by molar-refractivity contribution is 6.14. The molecule has 2 aromatic heterocycles. The molecule has 0 unspecified atom stereocenters. The second-order valence-electron chi connectivity index (χ2n) is 13.4. The van der Waals surface area contributed by atoms with E-state index in [1.54, 1.807) is 89.1 Å². The standard InChI is InChI=1S/C43H43N3O12/c1-44(2)21-26-13-31(56-23-54-22-27-15-40-36(20-41(27)53-6)35-19-28(50-3)7-10-37(35)45(40)42(47)48)16-32(14-26)57-24-55-25-58-43(49)46-38-11-8-29(51-4)17-33(38)34-18-30(52-5)9-12-39(34)46/h7-20H,21-25H2,1-6H3,(H,47,48). The van der Waals surface area contributed by atoms with Crippen LogP contribution in [0, 0.1) is 0 Å². The van der Waals surface area contributed by atoms with Crippen molar-refractivity contribution in [3.63, 3.8) is 0 Å². The van der Waals surface area contributed by atoms with Crippen LogP contribution in [-0.2, 0) is 27.4 Å². The third-order valence-electron chi connectivity index (χ3n) is 9.51. The van der Waals surface area contributed by atoms with Crippen molar-refractivity contribution in [3.05, 3.63) is 96.1 Å². The van der Waals surface area contributed by atoms with Crippen LogP contribution in [-0.4, -0.2) is 94.2 Å². The first-order valence-electron chi connectivity index (χ1n) is 18.1. The van der Waals surface area contributed by atoms with E-state index in [4.69, 9.17) is 42.6 Å². The Morgan fingerprint density at radius 1 is 0.569 bits per heavy atom. The zero-order valence-corrected chi connectivity index (χ0v) is 32.9. The number of methoxy groups -OCH3 is 4. The summed E-state index contributed by atoms with van der Waals surface area (Å²) in [5, 5.41) is 13.1. The maximum Gasteiger partial charge on any atom is 0.421 e. The van der Waals surface area contributed by atoms with Crippen LogP contribution >= 0.6 is 0 Å². The second-order valence-corrected chi connectivity index (χ2v) is 13.4. The fourth-order valence-corrected chi connectivity index (χ4v) is 6.95. The molecule has 0 aliphatic rings. The number of hydrogen-bond donors (Lipinski definition) is 1. The summed E-state index contributed by atoms with van der Waals surface area (Å²) in [6, 6.07) is 25.1. The van der Waals surface area contributed by atoms with Crippen LogP contribution in [0.1, 0.15) is 11.1 Å². The number of ether oxygens (including phenoxy) is 9. The SMILES string of the molecule is COc1ccc2c(c1)c1cc(OC)c(COCOc3cc(CN(C)C)cc(OCOCOC(=O)n4c5ccc(OC)cc5c5cc(OC)ccc54)c3)cc1n2C(=O)O. The summed E-state index contributed by atoms with van der Waals surface area (Å²) in [4.78, 5) is 27.7. The Balaban J connectivity index is 0.987. The summed E-state index contributed by atoms with van der Waals surface area (Å²) in [5.74, 6) is 3.40. The normalized spacial score (nSPS) is 11.4. The molecule has 15 heteroatoms. The highest BCUT2D eigenvalue weighted by Crippen LogP contribution is 2.37. The summed E-state index contributed by atoms with van der Waals surface area (Å²) < 4.78 is 53.4. The molecule has 0 aliphatic heterocycles. The third kappa shape index (κ3) is 8.09. The molecule has 0 saturated heterocycles. The number of rotatable bonds is 16. The summed E-state index contributed by atoms with van der Waals surface area (Å²) in [7, 11) is 10.2. The Bertz CT molecular complexity index is 2570. The van der Waals surface area contributed by atoms with Gasteiger partial charge >= 0.3 is 12.2 Å². The zero-order valence-electron chi connectivity index (χ0n) is 32.9. The van der Waals surface area contributed by atoms with Crippen LogP contribution in [0.15, 0.2) is 84.9 Å². The van der Waals surface area contributed by atoms with Gasteiger partial charge in [0.15, 0.2) is 20.4 Å². The van der Waals surface area contributed by atoms with E-state index in [0.717, 1.165) is 21.7 Å². The van der Waals surface area contributed by atoms with E-state index < -0.39 is 12.2 Å². The average Bonchev–Trinajstić information content (AvgIpc) is 3.72. The Morgan fingerprint density at radius 2 is 1.09 bits per heavy atom. The highest BCUT2D eigenvalue weighted by atomic mass is 16.7. The largest absolute Gasteiger partial charge is 0.497 e. The Morgan fingerprint density at radius 3 is 1.59 bits per heavy atom. The van der Waals surface area contributed by atoms with Crippen molar-refractivity contribution in [1.29, 1.82) is 0 Å². The van der Waals surface area contributed by atoms with Crippen molar-refractivity contribution in [2.24, 2.45) is 0 Å². The quantitative estimate of drug-likeness (QED) is 0.0743. The topological polar surface area (TPSA) is 151 Å². The van der Waals surface area contributed by atoms with Gasteiger partial charge in [-0.25, -0.2) is 18.7 Å². The van der Waals surface area contributed by atoms with Gasteiger partial charge in [-0.1, -0.05) is 0 Å². The van der Waals surface area contributed by atoms with Gasteiger partial charge in [-0.2, -0.15) is 0 Å². The zero-order chi connectivity index (χ0) is 40.9. The first kappa shape index (κ1) is 39.6. The third-order valence-corrected chi connectivity index (χ3v) is 9.51. The molecule has 5 aromatic carbocycles. The Kier molecular flexibility index (Phi) is 11.7. The monoisotopic (exact) mass is 793 g/mol. The molecular formula is C43H43N3O12. The van der Waals surface area contributed by atoms with Crippen molar-refractivity contribution in [3.8, 4) is 34.5 Å². The smallest absolute Gasteiger partial charge is 0.421 e. The molecular weight excluding hydrogens is 750 g/mol. The molecule has 0 aliphatic carbocycles. The predicted molar refractivity (Wildman–Crippen MR) is 216 cm³/mol. The highest BCUT2D eigenvalue weighted by Gasteiger charge is 2.21. The molecule has 0 fully saturated rings. The molecule has 0 saturated carbocycles. The van der Waals surface area contributed by atoms with E-state index in [2.05, 4.69) is 0 Å². The van der Waals surface area contributed by atoms with Gasteiger partial charge in [0, 0.05) is 39.7 Å². The Hall–Kier alpha value is -6.68. The predicted octanol–water partition coefficient (Wildman–Crippen LogP) is 8.07. The lowest BCUT2D eigenvalue weighted by molar-refractivity contribution is -0.0700. The number of carbonyl (C=O) groups excluding carboxylic acids is 1. The van der Waals surface area contributed by atoms with Gasteiger partial charge in [0.2, 0.25) is 0 Å². The van der Waals surface area contributed by atoms with Crippen molar-refractivity contribution in [2.45, 2.75) is 13.2 Å². The van der Waals surface area contributed by atoms with Crippen LogP contribution in [0.4, 0.5) is 9.59 Å². The van der Waals surface area contributed by atoms with E-state index in [-0.39, 0.29) is 27.0 Å². The number of benzene rings is 5. The molecule has 58 heavy (non-hydrogen) atoms. The maximum absolute atomic E-state index is 13.4. The van der Waals surface area contributed by atoms with Gasteiger partial charge in [-0.05, 0) is 98.5 Å². The number of carbonyl (C=O) groups is 2. The molecule has 1 N–H and O–H groups in total. The van der Waals surface area contributed by atoms with Gasteiger partial charge < -0.3 is 52.6 Å². The van der Waals surface area contributed by atoms with Gasteiger partial charge in [0.25, 0.3) is 0 Å². The lowest BCUT2D eigenvalue weighted by Gasteiger charge is -2.15. The van der Waals surface area contributed by atoms with E-state index in [1.807, 2.05) is 43.3 Å². The van der Waals surface area contributed by atoms with Gasteiger partial charge in [-0.15, -0.1) is 0 Å². The van der Waals surface area contributed by atoms with Crippen molar-refractivity contribution >= 4 is 55.8 Å². The van der Waals surface area contributed by atoms with Gasteiger partial charge in [0.1, 0.15) is 34.5 Å². The summed E-state index contributed by atoms with van der Waals surface area (Å²) in [5.41, 5.74) is 3.84. The molecule has 0 amide bonds. The fourth-order valence-electron chi connectivity index (χ4n) is 6.95. The molecule has 15 nitrogen and oxygen atoms in total. The second kappa shape index (κ2) is 17.2. The van der Waals surface area contributed by atoms with E-state index >= 15 is 0 Å². The minimum atomic E-state index is -1.12. The summed E-state index contributed by atoms with van der Waals surface area (Å²) in [6.45, 7) is -0.0201. The van der Waals surface area contributed by atoms with Crippen molar-refractivity contribution in [1.82, 2.24) is 14.0 Å². The first-order valence-corrected chi connectivity index (χ1v) is 18.1. The number of nitrogens with zero attached hydrogens (tertiary/aromatic N) is 3. The Labute approximate surface area is 333 Å². The molecule has 0 radical (unpaired) electrons. The fraction of sp³-hybridized carbons (Fsp3) is 0.256. The number of hydrogen-bond acceptors (Lipinski definition) is 12. The molecule has 7 aromatic rings. The van der Waals surface area contributed by atoms with E-state index in [9.17, 15) is 14.7 Å². The molecule has 0 spiro atoms. The number of fused-ring (bicyclic) bond motifs is 6. The van der Waals surface area contributed by atoms with Crippen LogP contribution < -0.4 is 28.4 Å². The number of carboxylic acid groups (broad SMARTS) is 1. The maximum atomic E-state index is 13.4. The molecule has 0 atom stereocenters. The minimum absolute atomic E-state index is 0.0773. The summed E-state index contributed by atoms with van der Waals surface area (Å²) in [6.07, 6.45) is -1.74. The minimum Gasteiger partial charge on any atom is -0.497 e. The molecule has 7 rings (SSSR count). The first-order chi connectivity index (χ1) is 28.1. The van der Waals surface area contributed by atoms with Gasteiger partial charge in [0.05, 0.1) is 57.1 Å². The molecule has 0 bridgehead atoms. The van der Waals surface area contributed by atoms with Crippen LogP contribution in [0.2, 0.25) is 0 Å². The van der Waals surface area contributed by atoms with Crippen LogP contribution in [0.5, 0.6) is 34.5 Å². The lowest BCUT2D eigenvalue weighted by Crippen LogP contribution is -2.17. The van der Waals surface area contributed by atoms with Gasteiger partial charge in [-0.3, -0.25) is 0 Å². The number of aromatic nitrogens is 2. The molecule has 2 heterocycles. The van der Waals surface area contributed by atoms with Crippen LogP contribution in [0.3, 0.4) is 0 Å². The lowest BCUT2D eigenvalue weighted by atomic mass is 10.1.